The third kappa shape index (κ3) is 4.61. The lowest BCUT2D eigenvalue weighted by Crippen LogP contribution is -1.94. The van der Waals surface area contributed by atoms with E-state index >= 15 is 0 Å². The van der Waals surface area contributed by atoms with Gasteiger partial charge in [-0.2, -0.15) is 0 Å². The third-order valence-corrected chi connectivity index (χ3v) is 12.2. The van der Waals surface area contributed by atoms with Crippen molar-refractivity contribution < 1.29 is 0 Å². The van der Waals surface area contributed by atoms with E-state index in [9.17, 15) is 0 Å². The van der Waals surface area contributed by atoms with E-state index in [1.54, 1.807) is 0 Å². The SMILES string of the molecule is C1=Cc2cc(-c3ccc4sc5c(-c6ccc7ccccc7c6)cc6c(c7ccc(-c8ccccc8)cc7n6-c6ccccc6)c5c4c3)ccc2CC1. The molecule has 1 aliphatic rings. The minimum atomic E-state index is 1.12. The lowest BCUT2D eigenvalue weighted by Gasteiger charge is -2.12. The van der Waals surface area contributed by atoms with Crippen LogP contribution >= 0.6 is 11.3 Å². The predicted molar refractivity (Wildman–Crippen MR) is 225 cm³/mol. The Morgan fingerprint density at radius 1 is 0.481 bits per heavy atom. The third-order valence-electron chi connectivity index (χ3n) is 11.0. The largest absolute Gasteiger partial charge is 0.309 e. The van der Waals surface area contributed by atoms with Gasteiger partial charge in [0.05, 0.1) is 11.0 Å². The van der Waals surface area contributed by atoms with Crippen molar-refractivity contribution in [3.8, 4) is 39.1 Å². The number of aromatic nitrogens is 1. The quantitative estimate of drug-likeness (QED) is 0.174. The Hall–Kier alpha value is -6.22. The summed E-state index contributed by atoms with van der Waals surface area (Å²) < 4.78 is 5.14. The van der Waals surface area contributed by atoms with Crippen molar-refractivity contribution in [1.82, 2.24) is 4.57 Å². The van der Waals surface area contributed by atoms with E-state index in [4.69, 9.17) is 0 Å². The van der Waals surface area contributed by atoms with Gasteiger partial charge in [0.2, 0.25) is 0 Å². The summed E-state index contributed by atoms with van der Waals surface area (Å²) >= 11 is 1.92. The van der Waals surface area contributed by atoms with E-state index in [-0.39, 0.29) is 0 Å². The molecule has 0 N–H and O–H groups in total. The van der Waals surface area contributed by atoms with E-state index in [0.717, 1.165) is 12.8 Å². The topological polar surface area (TPSA) is 4.93 Å². The van der Waals surface area contributed by atoms with Crippen LogP contribution in [-0.2, 0) is 6.42 Å². The number of hydrogen-bond donors (Lipinski definition) is 0. The highest BCUT2D eigenvalue weighted by Crippen LogP contribution is 2.49. The molecule has 0 saturated heterocycles. The first-order valence-corrected chi connectivity index (χ1v) is 19.0. The van der Waals surface area contributed by atoms with Gasteiger partial charge in [-0.15, -0.1) is 11.3 Å². The fourth-order valence-corrected chi connectivity index (χ4v) is 9.70. The highest BCUT2D eigenvalue weighted by atomic mass is 32.1. The van der Waals surface area contributed by atoms with Crippen molar-refractivity contribution >= 4 is 70.2 Å². The molecule has 11 rings (SSSR count). The normalized spacial score (nSPS) is 12.8. The zero-order valence-corrected chi connectivity index (χ0v) is 29.3. The molecule has 0 radical (unpaired) electrons. The van der Waals surface area contributed by atoms with Gasteiger partial charge in [0, 0.05) is 42.2 Å². The van der Waals surface area contributed by atoms with E-state index in [2.05, 4.69) is 181 Å². The average Bonchev–Trinajstić information content (AvgIpc) is 3.75. The van der Waals surface area contributed by atoms with E-state index < -0.39 is 0 Å². The molecule has 0 saturated carbocycles. The van der Waals surface area contributed by atoms with Crippen LogP contribution in [0.5, 0.6) is 0 Å². The molecule has 2 aromatic heterocycles. The van der Waals surface area contributed by atoms with Gasteiger partial charge in [0.1, 0.15) is 0 Å². The smallest absolute Gasteiger partial charge is 0.0554 e. The van der Waals surface area contributed by atoms with Crippen molar-refractivity contribution in [2.24, 2.45) is 0 Å². The summed E-state index contributed by atoms with van der Waals surface area (Å²) in [6, 6.07) is 60.9. The lowest BCUT2D eigenvalue weighted by atomic mass is 9.92. The van der Waals surface area contributed by atoms with Crippen LogP contribution in [-0.4, -0.2) is 4.57 Å². The Kier molecular flexibility index (Phi) is 6.62. The molecule has 2 heteroatoms. The molecule has 10 aromatic rings. The van der Waals surface area contributed by atoms with E-state index in [1.165, 1.54) is 103 Å². The molecule has 0 bridgehead atoms. The Morgan fingerprint density at radius 3 is 2.10 bits per heavy atom. The molecule has 0 unspecified atom stereocenters. The number of allylic oxidation sites excluding steroid dienone is 1. The van der Waals surface area contributed by atoms with Gasteiger partial charge in [-0.25, -0.2) is 0 Å². The number of rotatable bonds is 4. The van der Waals surface area contributed by atoms with Gasteiger partial charge in [-0.3, -0.25) is 0 Å². The fraction of sp³-hybridized carbons (Fsp3) is 0.0400. The highest BCUT2D eigenvalue weighted by Gasteiger charge is 2.22. The van der Waals surface area contributed by atoms with E-state index in [0.29, 0.717) is 0 Å². The van der Waals surface area contributed by atoms with Crippen LogP contribution in [0.15, 0.2) is 170 Å². The molecule has 8 aromatic carbocycles. The summed E-state index contributed by atoms with van der Waals surface area (Å²) in [5.41, 5.74) is 13.9. The first kappa shape index (κ1) is 29.5. The number of thiophene rings is 1. The summed E-state index contributed by atoms with van der Waals surface area (Å²) in [6.07, 6.45) is 6.84. The Balaban J connectivity index is 1.28. The summed E-state index contributed by atoms with van der Waals surface area (Å²) in [6.45, 7) is 0. The van der Waals surface area contributed by atoms with E-state index in [1.807, 2.05) is 11.3 Å². The number of fused-ring (bicyclic) bond motifs is 9. The molecule has 0 spiro atoms. The maximum Gasteiger partial charge on any atom is 0.0554 e. The second-order valence-corrected chi connectivity index (χ2v) is 15.1. The minimum absolute atomic E-state index is 1.12. The predicted octanol–water partition coefficient (Wildman–Crippen LogP) is 14.3. The molecule has 0 atom stereocenters. The molecule has 0 aliphatic heterocycles. The second-order valence-electron chi connectivity index (χ2n) is 14.0. The van der Waals surface area contributed by atoms with Crippen molar-refractivity contribution in [3.63, 3.8) is 0 Å². The molecule has 0 fully saturated rings. The Labute approximate surface area is 306 Å². The summed E-state index contributed by atoms with van der Waals surface area (Å²) in [5, 5.41) is 7.77. The van der Waals surface area contributed by atoms with Crippen LogP contribution in [0, 0.1) is 0 Å². The summed E-state index contributed by atoms with van der Waals surface area (Å²) in [7, 11) is 0. The number of benzene rings is 8. The van der Waals surface area contributed by atoms with Crippen molar-refractivity contribution in [3.05, 3.63) is 181 Å². The van der Waals surface area contributed by atoms with Crippen molar-refractivity contribution in [1.29, 1.82) is 0 Å². The standard InChI is InChI=1S/C50H33NS/c1-3-11-32(12-4-1)39-23-25-42-45(30-39)51(41-17-5-2-6-18-41)46-31-43(40-22-20-34-14-8-10-16-36(34)28-40)50-49(48(42)46)44-29-38(24-26-47(44)52-50)37-21-19-33-13-7-9-15-35(33)27-37/h1-6,8-12,14-31H,7,13H2. The van der Waals surface area contributed by atoms with Crippen LogP contribution in [0.25, 0.3) is 97.9 Å². The zero-order valence-electron chi connectivity index (χ0n) is 28.5. The molecule has 2 heterocycles. The van der Waals surface area contributed by atoms with Crippen LogP contribution in [0.4, 0.5) is 0 Å². The first-order valence-electron chi connectivity index (χ1n) is 18.1. The molecule has 52 heavy (non-hydrogen) atoms. The number of aryl methyl sites for hydroxylation is 1. The number of hydrogen-bond acceptors (Lipinski definition) is 1. The number of para-hydroxylation sites is 1. The maximum atomic E-state index is 2.49. The molecule has 0 amide bonds. The minimum Gasteiger partial charge on any atom is -0.309 e. The van der Waals surface area contributed by atoms with Crippen LogP contribution in [0.3, 0.4) is 0 Å². The summed E-state index contributed by atoms with van der Waals surface area (Å²) in [5.74, 6) is 0. The Bertz CT molecular complexity index is 3050. The molecular formula is C50H33NS. The van der Waals surface area contributed by atoms with Crippen LogP contribution in [0.1, 0.15) is 17.5 Å². The monoisotopic (exact) mass is 679 g/mol. The fourth-order valence-electron chi connectivity index (χ4n) is 8.47. The van der Waals surface area contributed by atoms with Crippen molar-refractivity contribution in [2.75, 3.05) is 0 Å². The van der Waals surface area contributed by atoms with Gasteiger partial charge < -0.3 is 4.57 Å². The van der Waals surface area contributed by atoms with Gasteiger partial charge in [-0.1, -0.05) is 127 Å². The van der Waals surface area contributed by atoms with Crippen LogP contribution in [0.2, 0.25) is 0 Å². The number of nitrogens with zero attached hydrogens (tertiary/aromatic N) is 1. The molecule has 244 valence electrons. The van der Waals surface area contributed by atoms with Gasteiger partial charge in [0.25, 0.3) is 0 Å². The first-order chi connectivity index (χ1) is 25.8. The van der Waals surface area contributed by atoms with Crippen molar-refractivity contribution in [2.45, 2.75) is 12.8 Å². The van der Waals surface area contributed by atoms with Gasteiger partial charge in [0.15, 0.2) is 0 Å². The van der Waals surface area contributed by atoms with Crippen LogP contribution < -0.4 is 0 Å². The Morgan fingerprint density at radius 2 is 1.21 bits per heavy atom. The lowest BCUT2D eigenvalue weighted by molar-refractivity contribution is 0.986. The molecule has 1 nitrogen and oxygen atoms in total. The maximum absolute atomic E-state index is 2.49. The highest BCUT2D eigenvalue weighted by molar-refractivity contribution is 7.26. The molecular weight excluding hydrogens is 647 g/mol. The molecule has 1 aliphatic carbocycles. The average molecular weight is 680 g/mol. The van der Waals surface area contributed by atoms with Gasteiger partial charge >= 0.3 is 0 Å². The second kappa shape index (κ2) is 11.7. The summed E-state index contributed by atoms with van der Waals surface area (Å²) in [4.78, 5) is 0. The van der Waals surface area contributed by atoms with Gasteiger partial charge in [-0.05, 0) is 111 Å². The zero-order chi connectivity index (χ0) is 34.2.